The van der Waals surface area contributed by atoms with Crippen LogP contribution in [0.3, 0.4) is 0 Å². The van der Waals surface area contributed by atoms with Gasteiger partial charge in [0, 0.05) is 19.3 Å². The van der Waals surface area contributed by atoms with Crippen molar-refractivity contribution in [3.05, 3.63) is 27.7 Å². The Bertz CT molecular complexity index is 521. The third-order valence-electron chi connectivity index (χ3n) is 2.58. The molecule has 0 heterocycles. The van der Waals surface area contributed by atoms with E-state index >= 15 is 0 Å². The molecule has 0 saturated heterocycles. The van der Waals surface area contributed by atoms with Crippen LogP contribution in [-0.2, 0) is 4.79 Å². The summed E-state index contributed by atoms with van der Waals surface area (Å²) in [6, 6.07) is 2.91. The molecule has 0 radical (unpaired) electrons. The number of hydrogen-bond donors (Lipinski definition) is 2. The highest BCUT2D eigenvalue weighted by atomic mass is 35.5. The van der Waals surface area contributed by atoms with Crippen molar-refractivity contribution in [2.75, 3.05) is 25.9 Å². The van der Waals surface area contributed by atoms with Crippen molar-refractivity contribution in [3.63, 3.8) is 0 Å². The number of nitrogens with zero attached hydrogens (tertiary/aromatic N) is 1. The standard InChI is InChI=1S/C13H17Cl2N3O2/c1-3-4-17-11(19)7-18(2)13(20)9-5-8(16)6-10(14)12(9)15/h5-6H,3-4,7,16H2,1-2H3,(H,17,19). The number of anilines is 1. The SMILES string of the molecule is CCCNC(=O)CN(C)C(=O)c1cc(N)cc(Cl)c1Cl. The van der Waals surface area contributed by atoms with E-state index in [1.165, 1.54) is 24.1 Å². The van der Waals surface area contributed by atoms with Crippen LogP contribution in [0, 0.1) is 0 Å². The van der Waals surface area contributed by atoms with Crippen molar-refractivity contribution in [2.45, 2.75) is 13.3 Å². The molecule has 0 aliphatic carbocycles. The molecular weight excluding hydrogens is 301 g/mol. The molecule has 1 aromatic rings. The van der Waals surface area contributed by atoms with Crippen LogP contribution in [0.4, 0.5) is 5.69 Å². The maximum Gasteiger partial charge on any atom is 0.255 e. The Hall–Kier alpha value is -1.46. The van der Waals surface area contributed by atoms with Gasteiger partial charge in [-0.3, -0.25) is 9.59 Å². The van der Waals surface area contributed by atoms with Gasteiger partial charge in [-0.15, -0.1) is 0 Å². The number of halogens is 2. The van der Waals surface area contributed by atoms with Gasteiger partial charge in [0.15, 0.2) is 0 Å². The Balaban J connectivity index is 2.82. The van der Waals surface area contributed by atoms with E-state index < -0.39 is 5.91 Å². The Morgan fingerprint density at radius 2 is 2.00 bits per heavy atom. The lowest BCUT2D eigenvalue weighted by atomic mass is 10.1. The van der Waals surface area contributed by atoms with Crippen molar-refractivity contribution in [2.24, 2.45) is 0 Å². The molecule has 0 aliphatic heterocycles. The normalized spacial score (nSPS) is 10.2. The lowest BCUT2D eigenvalue weighted by Gasteiger charge is -2.18. The second-order valence-corrected chi connectivity index (χ2v) is 5.16. The van der Waals surface area contributed by atoms with Crippen LogP contribution in [0.1, 0.15) is 23.7 Å². The molecule has 0 fully saturated rings. The van der Waals surface area contributed by atoms with Crippen LogP contribution in [0.5, 0.6) is 0 Å². The van der Waals surface area contributed by atoms with Gasteiger partial charge in [-0.1, -0.05) is 30.1 Å². The van der Waals surface area contributed by atoms with Crippen molar-refractivity contribution >= 4 is 40.7 Å². The van der Waals surface area contributed by atoms with Gasteiger partial charge in [0.05, 0.1) is 22.2 Å². The smallest absolute Gasteiger partial charge is 0.255 e. The van der Waals surface area contributed by atoms with Crippen LogP contribution in [-0.4, -0.2) is 36.9 Å². The number of carbonyl (C=O) groups excluding carboxylic acids is 2. The highest BCUT2D eigenvalue weighted by Crippen LogP contribution is 2.29. The van der Waals surface area contributed by atoms with E-state index in [1.54, 1.807) is 0 Å². The van der Waals surface area contributed by atoms with E-state index in [2.05, 4.69) is 5.32 Å². The second kappa shape index (κ2) is 7.36. The summed E-state index contributed by atoms with van der Waals surface area (Å²) in [6.45, 7) is 2.47. The fourth-order valence-corrected chi connectivity index (χ4v) is 2.00. The third-order valence-corrected chi connectivity index (χ3v) is 3.38. The molecule has 110 valence electrons. The Morgan fingerprint density at radius 1 is 1.35 bits per heavy atom. The van der Waals surface area contributed by atoms with Gasteiger partial charge in [0.1, 0.15) is 0 Å². The number of nitrogens with two attached hydrogens (primary N) is 1. The highest BCUT2D eigenvalue weighted by molar-refractivity contribution is 6.44. The molecule has 3 N–H and O–H groups in total. The van der Waals surface area contributed by atoms with E-state index in [0.29, 0.717) is 12.2 Å². The fourth-order valence-electron chi connectivity index (χ4n) is 1.58. The van der Waals surface area contributed by atoms with E-state index in [-0.39, 0.29) is 28.1 Å². The number of nitrogens with one attached hydrogen (secondary N) is 1. The summed E-state index contributed by atoms with van der Waals surface area (Å²) in [5, 5.41) is 3.03. The van der Waals surface area contributed by atoms with Gasteiger partial charge in [-0.05, 0) is 18.6 Å². The van der Waals surface area contributed by atoms with Crippen molar-refractivity contribution in [1.82, 2.24) is 10.2 Å². The molecule has 20 heavy (non-hydrogen) atoms. The average Bonchev–Trinajstić information content (AvgIpc) is 2.39. The van der Waals surface area contributed by atoms with Crippen molar-refractivity contribution in [3.8, 4) is 0 Å². The maximum atomic E-state index is 12.2. The molecule has 0 spiro atoms. The first-order chi connectivity index (χ1) is 9.36. The molecule has 1 aromatic carbocycles. The Kier molecular flexibility index (Phi) is 6.10. The first-order valence-corrected chi connectivity index (χ1v) is 6.89. The predicted molar refractivity (Wildman–Crippen MR) is 81.1 cm³/mol. The predicted octanol–water partition coefficient (Wildman–Crippen LogP) is 2.17. The molecule has 0 aromatic heterocycles. The summed E-state index contributed by atoms with van der Waals surface area (Å²) in [5.41, 5.74) is 6.16. The zero-order valence-electron chi connectivity index (χ0n) is 11.4. The third kappa shape index (κ3) is 4.28. The second-order valence-electron chi connectivity index (χ2n) is 4.38. The van der Waals surface area contributed by atoms with E-state index in [1.807, 2.05) is 6.92 Å². The quantitative estimate of drug-likeness (QED) is 0.817. The molecule has 0 bridgehead atoms. The zero-order valence-corrected chi connectivity index (χ0v) is 12.9. The van der Waals surface area contributed by atoms with Gasteiger partial charge >= 0.3 is 0 Å². The average molecular weight is 318 g/mol. The maximum absolute atomic E-state index is 12.2. The number of rotatable bonds is 5. The fraction of sp³-hybridized carbons (Fsp3) is 0.385. The summed E-state index contributed by atoms with van der Waals surface area (Å²) in [5.74, 6) is -0.635. The molecular formula is C13H17Cl2N3O2. The number of hydrogen-bond acceptors (Lipinski definition) is 3. The Morgan fingerprint density at radius 3 is 2.60 bits per heavy atom. The molecule has 0 aliphatic rings. The van der Waals surface area contributed by atoms with E-state index in [0.717, 1.165) is 6.42 Å². The van der Waals surface area contributed by atoms with Crippen molar-refractivity contribution in [1.29, 1.82) is 0 Å². The summed E-state index contributed by atoms with van der Waals surface area (Å²) < 4.78 is 0. The molecule has 0 atom stereocenters. The largest absolute Gasteiger partial charge is 0.399 e. The van der Waals surface area contributed by atoms with Crippen LogP contribution in [0.15, 0.2) is 12.1 Å². The molecule has 5 nitrogen and oxygen atoms in total. The molecule has 1 rings (SSSR count). The zero-order chi connectivity index (χ0) is 15.3. The van der Waals surface area contributed by atoms with Gasteiger partial charge < -0.3 is 16.0 Å². The number of nitrogen functional groups attached to an aromatic ring is 1. The topological polar surface area (TPSA) is 75.4 Å². The molecule has 2 amide bonds. The monoisotopic (exact) mass is 317 g/mol. The minimum absolute atomic E-state index is 0.0540. The van der Waals surface area contributed by atoms with E-state index in [4.69, 9.17) is 28.9 Å². The first-order valence-electron chi connectivity index (χ1n) is 6.13. The van der Waals surface area contributed by atoms with Crippen LogP contribution >= 0.6 is 23.2 Å². The lowest BCUT2D eigenvalue weighted by molar-refractivity contribution is -0.121. The summed E-state index contributed by atoms with van der Waals surface area (Å²) >= 11 is 11.9. The summed E-state index contributed by atoms with van der Waals surface area (Å²) in [4.78, 5) is 25.1. The first kappa shape index (κ1) is 16.6. The molecule has 7 heteroatoms. The summed E-state index contributed by atoms with van der Waals surface area (Å²) in [7, 11) is 1.52. The highest BCUT2D eigenvalue weighted by Gasteiger charge is 2.19. The van der Waals surface area contributed by atoms with Crippen LogP contribution < -0.4 is 11.1 Å². The number of carbonyl (C=O) groups is 2. The van der Waals surface area contributed by atoms with Gasteiger partial charge in [-0.25, -0.2) is 0 Å². The van der Waals surface area contributed by atoms with E-state index in [9.17, 15) is 9.59 Å². The minimum atomic E-state index is -0.407. The van der Waals surface area contributed by atoms with Gasteiger partial charge in [-0.2, -0.15) is 0 Å². The van der Waals surface area contributed by atoms with Gasteiger partial charge in [0.25, 0.3) is 5.91 Å². The van der Waals surface area contributed by atoms with Crippen molar-refractivity contribution < 1.29 is 9.59 Å². The molecule has 0 saturated carbocycles. The number of likely N-dealkylation sites (N-methyl/N-ethyl adjacent to an activating group) is 1. The van der Waals surface area contributed by atoms with Gasteiger partial charge in [0.2, 0.25) is 5.91 Å². The molecule has 0 unspecified atom stereocenters. The lowest BCUT2D eigenvalue weighted by Crippen LogP contribution is -2.38. The van der Waals surface area contributed by atoms with Crippen LogP contribution in [0.25, 0.3) is 0 Å². The summed E-state index contributed by atoms with van der Waals surface area (Å²) in [6.07, 6.45) is 0.833. The minimum Gasteiger partial charge on any atom is -0.399 e. The number of amides is 2. The Labute approximate surface area is 128 Å². The van der Waals surface area contributed by atoms with Crippen LogP contribution in [0.2, 0.25) is 10.0 Å². The number of benzene rings is 1.